The Hall–Kier alpha value is -2.92. The number of carbonyl (C=O) groups is 1. The molecule has 3 rings (SSSR count). The van der Waals surface area contributed by atoms with E-state index >= 15 is 0 Å². The van der Waals surface area contributed by atoms with E-state index in [1.807, 2.05) is 54.6 Å². The molecule has 0 bridgehead atoms. The molecule has 0 atom stereocenters. The summed E-state index contributed by atoms with van der Waals surface area (Å²) in [6, 6.07) is 17.7. The van der Waals surface area contributed by atoms with Gasteiger partial charge in [-0.1, -0.05) is 49.4 Å². The molecule has 0 aliphatic carbocycles. The van der Waals surface area contributed by atoms with Crippen LogP contribution in [0, 0.1) is 0 Å². The number of hydrogen-bond acceptors (Lipinski definition) is 3. The molecule has 0 aliphatic heterocycles. The molecule has 25 heavy (non-hydrogen) atoms. The SMILES string of the molecule is CCc1ccc(-c2nn(-c3ccccc3)cc2C(=O)NCCO)cc1. The van der Waals surface area contributed by atoms with E-state index in [1.54, 1.807) is 10.9 Å². The van der Waals surface area contributed by atoms with Crippen LogP contribution in [0.1, 0.15) is 22.8 Å². The summed E-state index contributed by atoms with van der Waals surface area (Å²) in [5.74, 6) is -0.245. The molecule has 0 spiro atoms. The van der Waals surface area contributed by atoms with E-state index in [1.165, 1.54) is 5.56 Å². The maximum absolute atomic E-state index is 12.5. The Morgan fingerprint density at radius 1 is 1.12 bits per heavy atom. The number of aliphatic hydroxyl groups is 1. The van der Waals surface area contributed by atoms with Gasteiger partial charge < -0.3 is 10.4 Å². The third-order valence-electron chi connectivity index (χ3n) is 4.01. The third-order valence-corrected chi connectivity index (χ3v) is 4.01. The monoisotopic (exact) mass is 335 g/mol. The largest absolute Gasteiger partial charge is 0.395 e. The molecule has 2 aromatic carbocycles. The third kappa shape index (κ3) is 3.78. The Kier molecular flexibility index (Phi) is 5.26. The summed E-state index contributed by atoms with van der Waals surface area (Å²) >= 11 is 0. The molecule has 2 N–H and O–H groups in total. The highest BCUT2D eigenvalue weighted by Gasteiger charge is 2.18. The van der Waals surface area contributed by atoms with Crippen LogP contribution in [-0.2, 0) is 6.42 Å². The minimum atomic E-state index is -0.245. The lowest BCUT2D eigenvalue weighted by Crippen LogP contribution is -2.26. The Labute approximate surface area is 146 Å². The number of para-hydroxylation sites is 1. The first-order valence-corrected chi connectivity index (χ1v) is 8.36. The highest BCUT2D eigenvalue weighted by Crippen LogP contribution is 2.24. The number of aromatic nitrogens is 2. The van der Waals surface area contributed by atoms with Gasteiger partial charge >= 0.3 is 0 Å². The molecule has 1 amide bonds. The Balaban J connectivity index is 2.04. The number of amides is 1. The summed E-state index contributed by atoms with van der Waals surface area (Å²) in [6.07, 6.45) is 2.69. The van der Waals surface area contributed by atoms with Gasteiger partial charge in [0.1, 0.15) is 5.69 Å². The lowest BCUT2D eigenvalue weighted by Gasteiger charge is -2.04. The van der Waals surface area contributed by atoms with Crippen molar-refractivity contribution in [2.45, 2.75) is 13.3 Å². The van der Waals surface area contributed by atoms with Gasteiger partial charge in [0, 0.05) is 18.3 Å². The van der Waals surface area contributed by atoms with Gasteiger partial charge in [-0.25, -0.2) is 4.68 Å². The maximum Gasteiger partial charge on any atom is 0.255 e. The van der Waals surface area contributed by atoms with Crippen LogP contribution < -0.4 is 5.32 Å². The first-order valence-electron chi connectivity index (χ1n) is 8.36. The van der Waals surface area contributed by atoms with E-state index in [0.717, 1.165) is 17.7 Å². The standard InChI is InChI=1S/C20H21N3O2/c1-2-15-8-10-16(11-9-15)19-18(20(25)21-12-13-24)14-23(22-19)17-6-4-3-5-7-17/h3-11,14,24H,2,12-13H2,1H3,(H,21,25). The molecule has 0 radical (unpaired) electrons. The van der Waals surface area contributed by atoms with E-state index in [9.17, 15) is 4.79 Å². The lowest BCUT2D eigenvalue weighted by atomic mass is 10.0. The van der Waals surface area contributed by atoms with Crippen molar-refractivity contribution in [3.05, 3.63) is 71.9 Å². The second-order valence-corrected chi connectivity index (χ2v) is 5.70. The van der Waals surface area contributed by atoms with Crippen molar-refractivity contribution in [1.82, 2.24) is 15.1 Å². The Morgan fingerprint density at radius 3 is 2.48 bits per heavy atom. The Morgan fingerprint density at radius 2 is 1.84 bits per heavy atom. The number of hydrogen-bond donors (Lipinski definition) is 2. The van der Waals surface area contributed by atoms with E-state index in [0.29, 0.717) is 11.3 Å². The van der Waals surface area contributed by atoms with Gasteiger partial charge in [-0.05, 0) is 24.1 Å². The molecule has 0 unspecified atom stereocenters. The molecule has 5 heteroatoms. The molecule has 128 valence electrons. The van der Waals surface area contributed by atoms with Gasteiger partial charge in [-0.3, -0.25) is 4.79 Å². The predicted molar refractivity (Wildman–Crippen MR) is 97.8 cm³/mol. The van der Waals surface area contributed by atoms with Crippen LogP contribution in [0.3, 0.4) is 0 Å². The molecule has 1 heterocycles. The van der Waals surface area contributed by atoms with Crippen molar-refractivity contribution in [2.24, 2.45) is 0 Å². The molecule has 1 aromatic heterocycles. The van der Waals surface area contributed by atoms with E-state index in [-0.39, 0.29) is 19.1 Å². The number of aryl methyl sites for hydroxylation is 1. The smallest absolute Gasteiger partial charge is 0.255 e. The normalized spacial score (nSPS) is 10.6. The summed E-state index contributed by atoms with van der Waals surface area (Å²) < 4.78 is 1.71. The summed E-state index contributed by atoms with van der Waals surface area (Å²) in [4.78, 5) is 12.5. The second kappa shape index (κ2) is 7.77. The summed E-state index contributed by atoms with van der Waals surface area (Å²) in [6.45, 7) is 2.22. The fourth-order valence-corrected chi connectivity index (χ4v) is 2.63. The summed E-state index contributed by atoms with van der Waals surface area (Å²) in [7, 11) is 0. The van der Waals surface area contributed by atoms with Gasteiger partial charge in [-0.2, -0.15) is 5.10 Å². The van der Waals surface area contributed by atoms with Crippen LogP contribution in [0.2, 0.25) is 0 Å². The molecular weight excluding hydrogens is 314 g/mol. The molecule has 5 nitrogen and oxygen atoms in total. The molecule has 0 aliphatic rings. The number of rotatable bonds is 6. The fourth-order valence-electron chi connectivity index (χ4n) is 2.63. The second-order valence-electron chi connectivity index (χ2n) is 5.70. The fraction of sp³-hybridized carbons (Fsp3) is 0.200. The van der Waals surface area contributed by atoms with Crippen molar-refractivity contribution in [2.75, 3.05) is 13.2 Å². The average molecular weight is 335 g/mol. The van der Waals surface area contributed by atoms with E-state index in [2.05, 4.69) is 17.3 Å². The Bertz CT molecular complexity index is 839. The quantitative estimate of drug-likeness (QED) is 0.728. The van der Waals surface area contributed by atoms with Gasteiger partial charge in [0.2, 0.25) is 0 Å². The average Bonchev–Trinajstić information content (AvgIpc) is 3.12. The van der Waals surface area contributed by atoms with E-state index < -0.39 is 0 Å². The summed E-state index contributed by atoms with van der Waals surface area (Å²) in [5, 5.41) is 16.3. The first-order chi connectivity index (χ1) is 12.2. The van der Waals surface area contributed by atoms with Crippen LogP contribution in [0.4, 0.5) is 0 Å². The van der Waals surface area contributed by atoms with Crippen LogP contribution in [0.15, 0.2) is 60.8 Å². The zero-order chi connectivity index (χ0) is 17.6. The number of benzene rings is 2. The zero-order valence-corrected chi connectivity index (χ0v) is 14.1. The van der Waals surface area contributed by atoms with Crippen LogP contribution in [0.25, 0.3) is 16.9 Å². The van der Waals surface area contributed by atoms with E-state index in [4.69, 9.17) is 5.11 Å². The number of nitrogens with one attached hydrogen (secondary N) is 1. The summed E-state index contributed by atoms with van der Waals surface area (Å²) in [5.41, 5.74) is 4.12. The van der Waals surface area contributed by atoms with Crippen molar-refractivity contribution in [1.29, 1.82) is 0 Å². The minimum Gasteiger partial charge on any atom is -0.395 e. The highest BCUT2D eigenvalue weighted by molar-refractivity contribution is 5.99. The highest BCUT2D eigenvalue weighted by atomic mass is 16.3. The van der Waals surface area contributed by atoms with Gasteiger partial charge in [-0.15, -0.1) is 0 Å². The van der Waals surface area contributed by atoms with Crippen molar-refractivity contribution in [3.63, 3.8) is 0 Å². The van der Waals surface area contributed by atoms with Crippen LogP contribution >= 0.6 is 0 Å². The van der Waals surface area contributed by atoms with Gasteiger partial charge in [0.15, 0.2) is 0 Å². The van der Waals surface area contributed by atoms with Crippen LogP contribution in [-0.4, -0.2) is 33.9 Å². The zero-order valence-electron chi connectivity index (χ0n) is 14.1. The van der Waals surface area contributed by atoms with Crippen molar-refractivity contribution < 1.29 is 9.90 Å². The molecule has 3 aromatic rings. The van der Waals surface area contributed by atoms with Crippen LogP contribution in [0.5, 0.6) is 0 Å². The van der Waals surface area contributed by atoms with Crippen molar-refractivity contribution in [3.8, 4) is 16.9 Å². The predicted octanol–water partition coefficient (Wildman–Crippen LogP) is 2.82. The van der Waals surface area contributed by atoms with Gasteiger partial charge in [0.25, 0.3) is 5.91 Å². The molecule has 0 fully saturated rings. The first kappa shape index (κ1) is 16.9. The minimum absolute atomic E-state index is 0.0981. The lowest BCUT2D eigenvalue weighted by molar-refractivity contribution is 0.0945. The van der Waals surface area contributed by atoms with Gasteiger partial charge in [0.05, 0.1) is 17.9 Å². The molecule has 0 saturated carbocycles. The number of aliphatic hydroxyl groups excluding tert-OH is 1. The maximum atomic E-state index is 12.5. The molecule has 0 saturated heterocycles. The number of nitrogens with zero attached hydrogens (tertiary/aromatic N) is 2. The van der Waals surface area contributed by atoms with Crippen molar-refractivity contribution >= 4 is 5.91 Å². The molecular formula is C20H21N3O2. The topological polar surface area (TPSA) is 67.2 Å². The number of carbonyl (C=O) groups excluding carboxylic acids is 1.